The van der Waals surface area contributed by atoms with Gasteiger partial charge in [0.2, 0.25) is 0 Å². The zero-order valence-electron chi connectivity index (χ0n) is 13.9. The number of rotatable bonds is 4. The molecule has 1 aromatic carbocycles. The highest BCUT2D eigenvalue weighted by atomic mass is 35.5. The zero-order valence-corrected chi connectivity index (χ0v) is 14.6. The van der Waals surface area contributed by atoms with E-state index in [9.17, 15) is 10.1 Å². The quantitative estimate of drug-likeness (QED) is 0.652. The van der Waals surface area contributed by atoms with Crippen molar-refractivity contribution in [3.8, 4) is 6.07 Å². The van der Waals surface area contributed by atoms with E-state index in [0.29, 0.717) is 16.5 Å². The highest BCUT2D eigenvalue weighted by Gasteiger charge is 2.17. The lowest BCUT2D eigenvalue weighted by Crippen LogP contribution is -2.16. The van der Waals surface area contributed by atoms with Crippen LogP contribution in [0.5, 0.6) is 0 Å². The fraction of sp³-hybridized carbons (Fsp3) is 0.263. The molecule has 0 unspecified atom stereocenters. The number of hydrogen-bond acceptors (Lipinski definition) is 4. The van der Waals surface area contributed by atoms with Gasteiger partial charge in [0.25, 0.3) is 5.91 Å². The molecule has 5 nitrogen and oxygen atoms in total. The molecule has 3 rings (SSSR count). The largest absolute Gasteiger partial charge is 0.441 e. The third-order valence-electron chi connectivity index (χ3n) is 4.20. The van der Waals surface area contributed by atoms with Crippen LogP contribution < -0.4 is 10.2 Å². The van der Waals surface area contributed by atoms with Crippen molar-refractivity contribution in [2.45, 2.75) is 19.8 Å². The van der Waals surface area contributed by atoms with Crippen LogP contribution in [0.15, 0.2) is 40.3 Å². The Bertz CT molecular complexity index is 858. The average molecular weight is 356 g/mol. The van der Waals surface area contributed by atoms with Gasteiger partial charge in [-0.3, -0.25) is 4.79 Å². The minimum atomic E-state index is -0.494. The van der Waals surface area contributed by atoms with Gasteiger partial charge in [0.05, 0.1) is 0 Å². The lowest BCUT2D eigenvalue weighted by Gasteiger charge is -2.12. The van der Waals surface area contributed by atoms with Gasteiger partial charge < -0.3 is 14.6 Å². The molecule has 1 amide bonds. The summed E-state index contributed by atoms with van der Waals surface area (Å²) in [6, 6.07) is 10.8. The lowest BCUT2D eigenvalue weighted by atomic mass is 10.1. The maximum Gasteiger partial charge on any atom is 0.266 e. The first-order chi connectivity index (χ1) is 12.1. The summed E-state index contributed by atoms with van der Waals surface area (Å²) >= 11 is 6.05. The third-order valence-corrected chi connectivity index (χ3v) is 4.61. The molecule has 2 heterocycles. The van der Waals surface area contributed by atoms with Crippen molar-refractivity contribution < 1.29 is 9.21 Å². The molecule has 0 aliphatic carbocycles. The van der Waals surface area contributed by atoms with Crippen LogP contribution in [0.3, 0.4) is 0 Å². The van der Waals surface area contributed by atoms with Crippen molar-refractivity contribution in [3.63, 3.8) is 0 Å². The summed E-state index contributed by atoms with van der Waals surface area (Å²) in [4.78, 5) is 14.5. The Morgan fingerprint density at radius 3 is 2.80 bits per heavy atom. The molecular weight excluding hydrogens is 338 g/mol. The van der Waals surface area contributed by atoms with Gasteiger partial charge in [-0.25, -0.2) is 0 Å². The first-order valence-corrected chi connectivity index (χ1v) is 8.49. The van der Waals surface area contributed by atoms with Gasteiger partial charge in [-0.15, -0.1) is 0 Å². The molecule has 0 spiro atoms. The smallest absolute Gasteiger partial charge is 0.266 e. The number of nitriles is 1. The molecule has 0 bridgehead atoms. The maximum atomic E-state index is 12.4. The Kier molecular flexibility index (Phi) is 5.11. The van der Waals surface area contributed by atoms with Crippen molar-refractivity contribution in [1.29, 1.82) is 5.26 Å². The molecule has 0 atom stereocenters. The second kappa shape index (κ2) is 7.45. The Hall–Kier alpha value is -2.71. The number of nitrogens with one attached hydrogen (secondary N) is 1. The minimum absolute atomic E-state index is 0.0262. The topological polar surface area (TPSA) is 69.3 Å². The molecule has 2 aromatic rings. The molecule has 1 aliphatic rings. The van der Waals surface area contributed by atoms with Crippen LogP contribution in [0.2, 0.25) is 5.02 Å². The summed E-state index contributed by atoms with van der Waals surface area (Å²) in [5.74, 6) is 0.760. The summed E-state index contributed by atoms with van der Waals surface area (Å²) in [5.41, 5.74) is 1.31. The van der Waals surface area contributed by atoms with Crippen LogP contribution in [0.4, 0.5) is 11.6 Å². The number of furan rings is 1. The molecule has 1 N–H and O–H groups in total. The van der Waals surface area contributed by atoms with Crippen molar-refractivity contribution in [2.24, 2.45) is 0 Å². The average Bonchev–Trinajstić information content (AvgIpc) is 3.27. The molecule has 128 valence electrons. The van der Waals surface area contributed by atoms with Crippen LogP contribution in [-0.2, 0) is 4.79 Å². The number of benzene rings is 1. The Morgan fingerprint density at radius 1 is 1.32 bits per heavy atom. The number of carbonyl (C=O) groups excluding carboxylic acids is 1. The van der Waals surface area contributed by atoms with Gasteiger partial charge in [0.1, 0.15) is 17.4 Å². The van der Waals surface area contributed by atoms with Crippen molar-refractivity contribution in [1.82, 2.24) is 0 Å². The highest BCUT2D eigenvalue weighted by molar-refractivity contribution is 6.31. The molecule has 1 saturated heterocycles. The van der Waals surface area contributed by atoms with E-state index in [-0.39, 0.29) is 5.57 Å². The molecule has 1 aliphatic heterocycles. The second-order valence-corrected chi connectivity index (χ2v) is 6.31. The number of carbonyl (C=O) groups is 1. The predicted molar refractivity (Wildman–Crippen MR) is 98.6 cm³/mol. The summed E-state index contributed by atoms with van der Waals surface area (Å²) in [6.07, 6.45) is 3.75. The minimum Gasteiger partial charge on any atom is -0.441 e. The van der Waals surface area contributed by atoms with Gasteiger partial charge in [-0.05, 0) is 43.5 Å². The third kappa shape index (κ3) is 3.86. The van der Waals surface area contributed by atoms with E-state index < -0.39 is 5.91 Å². The molecule has 25 heavy (non-hydrogen) atoms. The molecule has 6 heteroatoms. The predicted octanol–water partition coefficient (Wildman–Crippen LogP) is 4.39. The van der Waals surface area contributed by atoms with Gasteiger partial charge in [-0.2, -0.15) is 5.26 Å². The number of halogens is 1. The Labute approximate surface area is 151 Å². The van der Waals surface area contributed by atoms with E-state index in [4.69, 9.17) is 16.0 Å². The maximum absolute atomic E-state index is 12.4. The van der Waals surface area contributed by atoms with E-state index in [2.05, 4.69) is 10.2 Å². The standard InChI is InChI=1S/C19H18ClN3O2/c1-13-16(20)5-4-6-17(13)22-19(24)14(12-21)11-15-7-8-18(25-15)23-9-2-3-10-23/h4-8,11H,2-3,9-10H2,1H3,(H,22,24)/b14-11-. The second-order valence-electron chi connectivity index (χ2n) is 5.91. The van der Waals surface area contributed by atoms with Gasteiger partial charge in [0, 0.05) is 35.9 Å². The first kappa shape index (κ1) is 17.1. The molecule has 1 fully saturated rings. The van der Waals surface area contributed by atoms with Crippen molar-refractivity contribution >= 4 is 35.2 Å². The zero-order chi connectivity index (χ0) is 17.8. The molecule has 0 radical (unpaired) electrons. The van der Waals surface area contributed by atoms with Gasteiger partial charge >= 0.3 is 0 Å². The molecule has 0 saturated carbocycles. The fourth-order valence-electron chi connectivity index (χ4n) is 2.75. The monoisotopic (exact) mass is 355 g/mol. The summed E-state index contributed by atoms with van der Waals surface area (Å²) < 4.78 is 5.74. The van der Waals surface area contributed by atoms with Crippen molar-refractivity contribution in [2.75, 3.05) is 23.3 Å². The summed E-state index contributed by atoms with van der Waals surface area (Å²) in [6.45, 7) is 3.75. The van der Waals surface area contributed by atoms with Crippen LogP contribution in [0.1, 0.15) is 24.2 Å². The molecular formula is C19H18ClN3O2. The van der Waals surface area contributed by atoms with Crippen LogP contribution in [0, 0.1) is 18.3 Å². The number of hydrogen-bond donors (Lipinski definition) is 1. The summed E-state index contributed by atoms with van der Waals surface area (Å²) in [5, 5.41) is 12.6. The van der Waals surface area contributed by atoms with E-state index in [0.717, 1.165) is 37.4 Å². The van der Waals surface area contributed by atoms with Gasteiger partial charge in [0.15, 0.2) is 5.88 Å². The van der Waals surface area contributed by atoms with Crippen LogP contribution >= 0.6 is 11.6 Å². The lowest BCUT2D eigenvalue weighted by molar-refractivity contribution is -0.112. The fourth-order valence-corrected chi connectivity index (χ4v) is 2.93. The van der Waals surface area contributed by atoms with E-state index >= 15 is 0 Å². The van der Waals surface area contributed by atoms with E-state index in [1.165, 1.54) is 6.08 Å². The number of amides is 1. The van der Waals surface area contributed by atoms with E-state index in [1.54, 1.807) is 24.3 Å². The number of anilines is 2. The normalized spacial score (nSPS) is 14.4. The van der Waals surface area contributed by atoms with E-state index in [1.807, 2.05) is 19.1 Å². The molecule has 1 aromatic heterocycles. The SMILES string of the molecule is Cc1c(Cl)cccc1NC(=O)/C(C#N)=C\c1ccc(N2CCCC2)o1. The highest BCUT2D eigenvalue weighted by Crippen LogP contribution is 2.25. The van der Waals surface area contributed by atoms with Crippen LogP contribution in [-0.4, -0.2) is 19.0 Å². The van der Waals surface area contributed by atoms with Crippen LogP contribution in [0.25, 0.3) is 6.08 Å². The van der Waals surface area contributed by atoms with Gasteiger partial charge in [-0.1, -0.05) is 17.7 Å². The number of nitrogens with zero attached hydrogens (tertiary/aromatic N) is 2. The Balaban J connectivity index is 1.77. The van der Waals surface area contributed by atoms with Crippen molar-refractivity contribution in [3.05, 3.63) is 52.3 Å². The summed E-state index contributed by atoms with van der Waals surface area (Å²) in [7, 11) is 0. The Morgan fingerprint density at radius 2 is 2.08 bits per heavy atom. The first-order valence-electron chi connectivity index (χ1n) is 8.11.